The maximum atomic E-state index is 13.3. The Morgan fingerprint density at radius 2 is 1.68 bits per heavy atom. The summed E-state index contributed by atoms with van der Waals surface area (Å²) >= 11 is 0. The largest absolute Gasteiger partial charge is 0.346 e. The van der Waals surface area contributed by atoms with Gasteiger partial charge in [0.15, 0.2) is 0 Å². The quantitative estimate of drug-likeness (QED) is 0.424. The van der Waals surface area contributed by atoms with E-state index in [1.165, 1.54) is 5.56 Å². The summed E-state index contributed by atoms with van der Waals surface area (Å²) in [5.74, 6) is 1.24. The summed E-state index contributed by atoms with van der Waals surface area (Å²) in [7, 11) is 0. The van der Waals surface area contributed by atoms with Crippen molar-refractivity contribution >= 4 is 16.9 Å². The van der Waals surface area contributed by atoms with E-state index < -0.39 is 0 Å². The fraction of sp³-hybridized carbons (Fsp3) is 0.467. The number of carbonyl (C=O) groups excluding carboxylic acids is 1. The minimum Gasteiger partial charge on any atom is -0.346 e. The van der Waals surface area contributed by atoms with Crippen LogP contribution in [0, 0.1) is 5.92 Å². The molecule has 1 N–H and O–H groups in total. The molecule has 3 fully saturated rings. The number of carbonyl (C=O) groups is 1. The monoisotopic (exact) mass is 509 g/mol. The second kappa shape index (κ2) is 9.98. The molecule has 38 heavy (non-hydrogen) atoms. The Kier molecular flexibility index (Phi) is 6.20. The van der Waals surface area contributed by atoms with Crippen LogP contribution in [-0.4, -0.2) is 72.7 Å². The van der Waals surface area contributed by atoms with Crippen LogP contribution in [0.25, 0.3) is 22.3 Å². The lowest BCUT2D eigenvalue weighted by Crippen LogP contribution is -2.56. The number of nitrogens with one attached hydrogen (secondary N) is 1. The van der Waals surface area contributed by atoms with Crippen molar-refractivity contribution in [2.45, 2.75) is 56.5 Å². The highest BCUT2D eigenvalue weighted by atomic mass is 16.2. The Labute approximate surface area is 223 Å². The van der Waals surface area contributed by atoms with E-state index in [1.54, 1.807) is 6.33 Å². The Hall–Kier alpha value is -3.52. The van der Waals surface area contributed by atoms with Gasteiger partial charge in [-0.25, -0.2) is 9.97 Å². The van der Waals surface area contributed by atoms with Crippen molar-refractivity contribution in [1.29, 1.82) is 0 Å². The number of aromatic nitrogens is 5. The topological polar surface area (TPSA) is 82.9 Å². The minimum absolute atomic E-state index is 0.219. The number of fused-ring (bicyclic) bond motifs is 1. The summed E-state index contributed by atoms with van der Waals surface area (Å²) in [6.07, 6.45) is 14.0. The zero-order chi connectivity index (χ0) is 25.5. The molecule has 2 aliphatic heterocycles. The van der Waals surface area contributed by atoms with E-state index in [9.17, 15) is 4.79 Å². The Balaban J connectivity index is 0.888. The highest BCUT2D eigenvalue weighted by Gasteiger charge is 2.37. The lowest BCUT2D eigenvalue weighted by molar-refractivity contribution is -0.138. The number of nitrogens with zero attached hydrogens (tertiary/aromatic N) is 6. The third kappa shape index (κ3) is 4.41. The Morgan fingerprint density at radius 1 is 0.895 bits per heavy atom. The molecular formula is C30H35N7O. The third-order valence-corrected chi connectivity index (χ3v) is 9.13. The first-order valence-corrected chi connectivity index (χ1v) is 14.1. The number of likely N-dealkylation sites (tertiary alicyclic amines) is 2. The van der Waals surface area contributed by atoms with Crippen LogP contribution in [0.1, 0.15) is 56.0 Å². The van der Waals surface area contributed by atoms with Crippen LogP contribution < -0.4 is 0 Å². The van der Waals surface area contributed by atoms with E-state index >= 15 is 0 Å². The summed E-state index contributed by atoms with van der Waals surface area (Å²) < 4.78 is 2.09. The van der Waals surface area contributed by atoms with Gasteiger partial charge >= 0.3 is 0 Å². The van der Waals surface area contributed by atoms with Gasteiger partial charge in [0.05, 0.1) is 17.9 Å². The van der Waals surface area contributed by atoms with E-state index in [0.717, 1.165) is 87.0 Å². The number of hydrogen-bond acceptors (Lipinski definition) is 5. The molecule has 0 bridgehead atoms. The SMILES string of the molecule is O=C(C1CCC(c2ccccc2)CC1)N1CCC(N2CC(n3cc(-c4ncnc5[nH]ccc45)cn3)C2)CC1. The van der Waals surface area contributed by atoms with Crippen LogP contribution in [0.2, 0.25) is 0 Å². The molecule has 8 heteroatoms. The molecule has 0 radical (unpaired) electrons. The minimum atomic E-state index is 0.219. The predicted octanol–water partition coefficient (Wildman–Crippen LogP) is 4.64. The Morgan fingerprint density at radius 3 is 2.47 bits per heavy atom. The standard InChI is InChI=1S/C30H35N7O/c38-30(23-8-6-22(7-9-23)21-4-2-1-3-5-21)35-14-11-25(12-15-35)36-18-26(19-36)37-17-24(16-34-37)28-27-10-13-31-29(27)33-20-32-28/h1-5,10,13,16-17,20,22-23,25-26H,6-9,11-12,14-15,18-19H2,(H,31,32,33). The highest BCUT2D eigenvalue weighted by Crippen LogP contribution is 2.37. The van der Waals surface area contributed by atoms with Crippen LogP contribution >= 0.6 is 0 Å². The van der Waals surface area contributed by atoms with Gasteiger partial charge in [-0.15, -0.1) is 0 Å². The number of amides is 1. The van der Waals surface area contributed by atoms with Gasteiger partial charge in [-0.3, -0.25) is 14.4 Å². The molecule has 0 unspecified atom stereocenters. The fourth-order valence-electron chi connectivity index (χ4n) is 6.82. The summed E-state index contributed by atoms with van der Waals surface area (Å²) in [5.41, 5.74) is 4.23. The second-order valence-electron chi connectivity index (χ2n) is 11.3. The number of piperidine rings is 1. The van der Waals surface area contributed by atoms with Crippen molar-refractivity contribution in [3.8, 4) is 11.3 Å². The van der Waals surface area contributed by atoms with Gasteiger partial charge in [0.2, 0.25) is 5.91 Å². The molecular weight excluding hydrogens is 474 g/mol. The summed E-state index contributed by atoms with van der Waals surface area (Å²) in [6.45, 7) is 3.84. The average molecular weight is 510 g/mol. The van der Waals surface area contributed by atoms with E-state index in [0.29, 0.717) is 23.9 Å². The first-order chi connectivity index (χ1) is 18.7. The van der Waals surface area contributed by atoms with Crippen LogP contribution in [0.15, 0.2) is 61.3 Å². The molecule has 5 heterocycles. The molecule has 4 aromatic rings. The molecule has 1 aromatic carbocycles. The van der Waals surface area contributed by atoms with Gasteiger partial charge in [-0.05, 0) is 56.1 Å². The summed E-state index contributed by atoms with van der Waals surface area (Å²) in [5, 5.41) is 5.68. The first kappa shape index (κ1) is 23.6. The van der Waals surface area contributed by atoms with E-state index in [2.05, 4.69) is 71.1 Å². The lowest BCUT2D eigenvalue weighted by atomic mass is 9.78. The molecule has 8 nitrogen and oxygen atoms in total. The number of aromatic amines is 1. The zero-order valence-corrected chi connectivity index (χ0v) is 21.7. The highest BCUT2D eigenvalue weighted by molar-refractivity contribution is 5.90. The smallest absolute Gasteiger partial charge is 0.225 e. The second-order valence-corrected chi connectivity index (χ2v) is 11.3. The van der Waals surface area contributed by atoms with Crippen LogP contribution in [0.5, 0.6) is 0 Å². The molecule has 196 valence electrons. The van der Waals surface area contributed by atoms with Crippen molar-refractivity contribution in [3.05, 3.63) is 66.9 Å². The van der Waals surface area contributed by atoms with E-state index in [-0.39, 0.29) is 5.92 Å². The third-order valence-electron chi connectivity index (χ3n) is 9.13. The molecule has 0 spiro atoms. The van der Waals surface area contributed by atoms with Crippen molar-refractivity contribution in [2.75, 3.05) is 26.2 Å². The molecule has 1 amide bonds. The number of benzene rings is 1. The molecule has 0 atom stereocenters. The lowest BCUT2D eigenvalue weighted by Gasteiger charge is -2.47. The molecule has 2 saturated heterocycles. The van der Waals surface area contributed by atoms with Crippen LogP contribution in [0.3, 0.4) is 0 Å². The zero-order valence-electron chi connectivity index (χ0n) is 21.7. The van der Waals surface area contributed by atoms with Gasteiger partial charge in [0.1, 0.15) is 12.0 Å². The number of hydrogen-bond donors (Lipinski definition) is 1. The Bertz CT molecular complexity index is 1390. The van der Waals surface area contributed by atoms with E-state index in [4.69, 9.17) is 0 Å². The fourth-order valence-corrected chi connectivity index (χ4v) is 6.82. The van der Waals surface area contributed by atoms with E-state index in [1.807, 2.05) is 18.5 Å². The van der Waals surface area contributed by atoms with Gasteiger partial charge in [-0.1, -0.05) is 30.3 Å². The average Bonchev–Trinajstić information content (AvgIpc) is 3.63. The van der Waals surface area contributed by atoms with Crippen LogP contribution in [-0.2, 0) is 4.79 Å². The number of rotatable bonds is 5. The number of H-pyrrole nitrogens is 1. The van der Waals surface area contributed by atoms with Crippen LogP contribution in [0.4, 0.5) is 0 Å². The van der Waals surface area contributed by atoms with Gasteiger partial charge in [-0.2, -0.15) is 5.10 Å². The normalized spacial score (nSPS) is 23.5. The van der Waals surface area contributed by atoms with Gasteiger partial charge in [0.25, 0.3) is 0 Å². The molecule has 1 aliphatic carbocycles. The first-order valence-electron chi connectivity index (χ1n) is 14.1. The van der Waals surface area contributed by atoms with Crippen molar-refractivity contribution in [1.82, 2.24) is 34.5 Å². The van der Waals surface area contributed by atoms with Crippen molar-refractivity contribution < 1.29 is 4.79 Å². The predicted molar refractivity (Wildman–Crippen MR) is 146 cm³/mol. The van der Waals surface area contributed by atoms with Crippen molar-refractivity contribution in [3.63, 3.8) is 0 Å². The summed E-state index contributed by atoms with van der Waals surface area (Å²) in [6, 6.07) is 13.8. The maximum absolute atomic E-state index is 13.3. The molecule has 7 rings (SSSR count). The van der Waals surface area contributed by atoms with Gasteiger partial charge in [0, 0.05) is 61.5 Å². The molecule has 3 aliphatic rings. The maximum Gasteiger partial charge on any atom is 0.225 e. The van der Waals surface area contributed by atoms with Gasteiger partial charge < -0.3 is 9.88 Å². The summed E-state index contributed by atoms with van der Waals surface area (Å²) in [4.78, 5) is 29.9. The van der Waals surface area contributed by atoms with Crippen molar-refractivity contribution in [2.24, 2.45) is 5.92 Å². The molecule has 3 aromatic heterocycles. The molecule has 1 saturated carbocycles.